The molecule has 2 aromatic carbocycles. The largest absolute Gasteiger partial charge is 0.494 e. The number of benzene rings is 2. The molecule has 0 saturated heterocycles. The monoisotopic (exact) mass is 462 g/mol. The molecule has 3 N–H and O–H groups in total. The molecule has 0 aliphatic heterocycles. The van der Waals surface area contributed by atoms with Crippen molar-refractivity contribution >= 4 is 45.7 Å². The molecule has 0 aliphatic carbocycles. The summed E-state index contributed by atoms with van der Waals surface area (Å²) in [6.07, 6.45) is 0. The number of aromatic hydroxyl groups is 1. The van der Waals surface area contributed by atoms with E-state index in [1.807, 2.05) is 42.5 Å². The number of primary amides is 1. The van der Waals surface area contributed by atoms with Crippen LogP contribution in [0.2, 0.25) is 5.02 Å². The van der Waals surface area contributed by atoms with Gasteiger partial charge >= 0.3 is 6.03 Å². The lowest BCUT2D eigenvalue weighted by molar-refractivity contribution is 0.104. The van der Waals surface area contributed by atoms with Gasteiger partial charge in [0.25, 0.3) is 0 Å². The summed E-state index contributed by atoms with van der Waals surface area (Å²) in [6.45, 7) is 0. The molecule has 0 atom stereocenters. The summed E-state index contributed by atoms with van der Waals surface area (Å²) in [5, 5.41) is 11.4. The first-order valence-electron chi connectivity index (χ1n) is 9.57. The SMILES string of the molecule is NC(=O)n1c(O)c(C(=O)c2ccc(-c3ccc(-c4ccccc4)o3)s2)c2cc(Cl)ccc21. The molecule has 0 aliphatic rings. The van der Waals surface area contributed by atoms with Crippen LogP contribution in [0.25, 0.3) is 32.9 Å². The average Bonchev–Trinajstić information content (AvgIpc) is 3.50. The third-order valence-corrected chi connectivity index (χ3v) is 6.42. The van der Waals surface area contributed by atoms with Crippen molar-refractivity contribution in [3.05, 3.63) is 88.3 Å². The van der Waals surface area contributed by atoms with E-state index in [0.717, 1.165) is 20.8 Å². The van der Waals surface area contributed by atoms with Gasteiger partial charge in [0, 0.05) is 16.0 Å². The summed E-state index contributed by atoms with van der Waals surface area (Å²) >= 11 is 7.32. The smallest absolute Gasteiger partial charge is 0.326 e. The van der Waals surface area contributed by atoms with Crippen LogP contribution < -0.4 is 5.73 Å². The maximum absolute atomic E-state index is 13.3. The van der Waals surface area contributed by atoms with Crippen LogP contribution in [0.5, 0.6) is 5.88 Å². The molecule has 0 spiro atoms. The lowest BCUT2D eigenvalue weighted by atomic mass is 10.1. The zero-order chi connectivity index (χ0) is 22.4. The van der Waals surface area contributed by atoms with Crippen molar-refractivity contribution in [1.29, 1.82) is 0 Å². The number of amides is 1. The number of thiophene rings is 1. The lowest BCUT2D eigenvalue weighted by Crippen LogP contribution is -2.18. The van der Waals surface area contributed by atoms with Crippen molar-refractivity contribution in [3.8, 4) is 27.8 Å². The van der Waals surface area contributed by atoms with Gasteiger partial charge in [0.2, 0.25) is 11.7 Å². The van der Waals surface area contributed by atoms with Gasteiger partial charge in [0.15, 0.2) is 0 Å². The molecule has 0 saturated carbocycles. The number of fused-ring (bicyclic) bond motifs is 1. The van der Waals surface area contributed by atoms with E-state index in [0.29, 0.717) is 26.6 Å². The molecule has 3 aromatic heterocycles. The molecule has 1 amide bonds. The Hall–Kier alpha value is -3.81. The quantitative estimate of drug-likeness (QED) is 0.313. The molecule has 5 rings (SSSR count). The van der Waals surface area contributed by atoms with Crippen molar-refractivity contribution in [2.75, 3.05) is 0 Å². The van der Waals surface area contributed by atoms with Crippen molar-refractivity contribution in [2.24, 2.45) is 5.73 Å². The Kier molecular flexibility index (Phi) is 4.84. The zero-order valence-electron chi connectivity index (χ0n) is 16.4. The van der Waals surface area contributed by atoms with Crippen LogP contribution in [-0.4, -0.2) is 21.5 Å². The summed E-state index contributed by atoms with van der Waals surface area (Å²) in [6, 6.07) is 20.6. The summed E-state index contributed by atoms with van der Waals surface area (Å²) in [5.74, 6) is 0.387. The Bertz CT molecular complexity index is 1500. The van der Waals surface area contributed by atoms with E-state index in [1.165, 1.54) is 23.5 Å². The Morgan fingerprint density at radius 1 is 0.969 bits per heavy atom. The number of hydrogen-bond acceptors (Lipinski definition) is 5. The Balaban J connectivity index is 1.55. The summed E-state index contributed by atoms with van der Waals surface area (Å²) in [7, 11) is 0. The topological polar surface area (TPSA) is 98.5 Å². The average molecular weight is 463 g/mol. The van der Waals surface area contributed by atoms with Crippen LogP contribution in [0.3, 0.4) is 0 Å². The lowest BCUT2D eigenvalue weighted by Gasteiger charge is -2.00. The number of hydrogen-bond donors (Lipinski definition) is 2. The van der Waals surface area contributed by atoms with E-state index >= 15 is 0 Å². The minimum absolute atomic E-state index is 0.0286. The molecule has 0 unspecified atom stereocenters. The van der Waals surface area contributed by atoms with Crippen LogP contribution in [0.1, 0.15) is 15.2 Å². The fraction of sp³-hybridized carbons (Fsp3) is 0. The van der Waals surface area contributed by atoms with E-state index in [-0.39, 0.29) is 5.56 Å². The van der Waals surface area contributed by atoms with Gasteiger partial charge < -0.3 is 15.3 Å². The number of furan rings is 1. The molecule has 158 valence electrons. The minimum Gasteiger partial charge on any atom is -0.494 e. The number of nitrogens with zero attached hydrogens (tertiary/aromatic N) is 1. The second kappa shape index (κ2) is 7.71. The molecule has 32 heavy (non-hydrogen) atoms. The predicted octanol–water partition coefficient (Wildman–Crippen LogP) is 6.15. The van der Waals surface area contributed by atoms with Crippen LogP contribution in [-0.2, 0) is 0 Å². The fourth-order valence-electron chi connectivity index (χ4n) is 3.64. The summed E-state index contributed by atoms with van der Waals surface area (Å²) in [4.78, 5) is 26.3. The Labute approximate surface area is 191 Å². The van der Waals surface area contributed by atoms with Gasteiger partial charge in [-0.25, -0.2) is 9.36 Å². The standard InChI is InChI=1S/C24H15ClN2O4S/c25-14-6-7-16-15(12-14)21(23(29)27(16)24(26)30)22(28)20-11-10-19(32-20)18-9-8-17(31-18)13-4-2-1-3-5-13/h1-12,29H,(H2,26,30). The maximum Gasteiger partial charge on any atom is 0.326 e. The number of rotatable bonds is 4. The number of ketones is 1. The third-order valence-electron chi connectivity index (χ3n) is 5.09. The number of nitrogens with two attached hydrogens (primary N) is 1. The molecule has 0 fully saturated rings. The van der Waals surface area contributed by atoms with E-state index in [2.05, 4.69) is 0 Å². The first kappa shape index (κ1) is 20.1. The van der Waals surface area contributed by atoms with Crippen molar-refractivity contribution in [1.82, 2.24) is 4.57 Å². The number of aromatic nitrogens is 1. The van der Waals surface area contributed by atoms with Gasteiger partial charge in [-0.15, -0.1) is 11.3 Å². The zero-order valence-corrected chi connectivity index (χ0v) is 18.0. The normalized spacial score (nSPS) is 11.2. The van der Waals surface area contributed by atoms with Gasteiger partial charge in [-0.3, -0.25) is 4.79 Å². The molecule has 5 aromatic rings. The number of halogens is 1. The summed E-state index contributed by atoms with van der Waals surface area (Å²) < 4.78 is 6.86. The minimum atomic E-state index is -0.898. The number of carbonyl (C=O) groups excluding carboxylic acids is 2. The van der Waals surface area contributed by atoms with Crippen LogP contribution in [0, 0.1) is 0 Å². The fourth-order valence-corrected chi connectivity index (χ4v) is 4.73. The second-order valence-corrected chi connectivity index (χ2v) is 8.58. The van der Waals surface area contributed by atoms with Crippen molar-refractivity contribution in [2.45, 2.75) is 0 Å². The van der Waals surface area contributed by atoms with Gasteiger partial charge in [-0.05, 0) is 42.5 Å². The van der Waals surface area contributed by atoms with Crippen molar-refractivity contribution < 1.29 is 19.1 Å². The van der Waals surface area contributed by atoms with E-state index < -0.39 is 17.7 Å². The van der Waals surface area contributed by atoms with Gasteiger partial charge in [0.1, 0.15) is 11.5 Å². The molecule has 3 heterocycles. The van der Waals surface area contributed by atoms with Crippen LogP contribution in [0.15, 0.2) is 77.2 Å². The number of carbonyl (C=O) groups is 2. The molecule has 6 nitrogen and oxygen atoms in total. The summed E-state index contributed by atoms with van der Waals surface area (Å²) in [5.41, 5.74) is 6.64. The third kappa shape index (κ3) is 3.28. The Morgan fingerprint density at radius 2 is 1.72 bits per heavy atom. The maximum atomic E-state index is 13.3. The highest BCUT2D eigenvalue weighted by molar-refractivity contribution is 7.17. The van der Waals surface area contributed by atoms with E-state index in [9.17, 15) is 14.7 Å². The van der Waals surface area contributed by atoms with E-state index in [4.69, 9.17) is 21.8 Å². The molecule has 0 radical (unpaired) electrons. The van der Waals surface area contributed by atoms with E-state index in [1.54, 1.807) is 18.2 Å². The molecular formula is C24H15ClN2O4S. The van der Waals surface area contributed by atoms with Crippen LogP contribution >= 0.6 is 22.9 Å². The highest BCUT2D eigenvalue weighted by Gasteiger charge is 2.27. The predicted molar refractivity (Wildman–Crippen MR) is 124 cm³/mol. The molecule has 0 bridgehead atoms. The second-order valence-electron chi connectivity index (χ2n) is 7.06. The Morgan fingerprint density at radius 3 is 2.47 bits per heavy atom. The van der Waals surface area contributed by atoms with Gasteiger partial charge in [-0.1, -0.05) is 41.9 Å². The van der Waals surface area contributed by atoms with Crippen LogP contribution in [0.4, 0.5) is 4.79 Å². The highest BCUT2D eigenvalue weighted by atomic mass is 35.5. The molecular weight excluding hydrogens is 448 g/mol. The van der Waals surface area contributed by atoms with Crippen molar-refractivity contribution in [3.63, 3.8) is 0 Å². The highest BCUT2D eigenvalue weighted by Crippen LogP contribution is 2.38. The first-order chi connectivity index (χ1) is 15.4. The first-order valence-corrected chi connectivity index (χ1v) is 10.8. The van der Waals surface area contributed by atoms with Gasteiger partial charge in [-0.2, -0.15) is 0 Å². The van der Waals surface area contributed by atoms with Gasteiger partial charge in [0.05, 0.1) is 20.8 Å². The molecule has 8 heteroatoms.